The van der Waals surface area contributed by atoms with Crippen LogP contribution < -0.4 is 10.1 Å². The van der Waals surface area contributed by atoms with Gasteiger partial charge in [-0.1, -0.05) is 12.1 Å². The maximum Gasteiger partial charge on any atom is 0.387 e. The fourth-order valence-electron chi connectivity index (χ4n) is 1.81. The number of carbonyl (C=O) groups is 1. The number of aromatic amines is 1. The molecular formula is C14H14BrF2N3O2. The Morgan fingerprint density at radius 1 is 1.41 bits per heavy atom. The van der Waals surface area contributed by atoms with Crippen LogP contribution in [0.2, 0.25) is 0 Å². The van der Waals surface area contributed by atoms with Crippen molar-refractivity contribution in [2.45, 2.75) is 20.0 Å². The van der Waals surface area contributed by atoms with Gasteiger partial charge in [-0.15, -0.1) is 0 Å². The molecule has 0 atom stereocenters. The Balaban J connectivity index is 1.83. The summed E-state index contributed by atoms with van der Waals surface area (Å²) in [7, 11) is 0. The SMILES string of the molecule is Cc1[nH]nc(C(=O)NCCc2ccc(OC(F)F)cc2)c1Br. The second kappa shape index (κ2) is 7.35. The predicted molar refractivity (Wildman–Crippen MR) is 80.1 cm³/mol. The minimum absolute atomic E-state index is 0.110. The second-order valence-electron chi connectivity index (χ2n) is 4.54. The maximum atomic E-state index is 12.0. The Kier molecular flexibility index (Phi) is 5.48. The number of aromatic nitrogens is 2. The van der Waals surface area contributed by atoms with Crippen LogP contribution in [0.5, 0.6) is 5.75 Å². The number of H-pyrrole nitrogens is 1. The van der Waals surface area contributed by atoms with Crippen LogP contribution in [0.3, 0.4) is 0 Å². The summed E-state index contributed by atoms with van der Waals surface area (Å²) in [4.78, 5) is 11.9. The lowest BCUT2D eigenvalue weighted by Gasteiger charge is -2.06. The van der Waals surface area contributed by atoms with Crippen molar-refractivity contribution in [2.24, 2.45) is 0 Å². The van der Waals surface area contributed by atoms with E-state index in [1.165, 1.54) is 12.1 Å². The van der Waals surface area contributed by atoms with Crippen molar-refractivity contribution < 1.29 is 18.3 Å². The third-order valence-corrected chi connectivity index (χ3v) is 3.91. The minimum atomic E-state index is -2.83. The van der Waals surface area contributed by atoms with Crippen LogP contribution in [0.15, 0.2) is 28.7 Å². The standard InChI is InChI=1S/C14H14BrF2N3O2/c1-8-11(15)12(20-19-8)13(21)18-7-6-9-2-4-10(5-3-9)22-14(16)17/h2-5,14H,6-7H2,1H3,(H,18,21)(H,19,20). The van der Waals surface area contributed by atoms with Gasteiger partial charge in [0.05, 0.1) is 4.47 Å². The van der Waals surface area contributed by atoms with Gasteiger partial charge < -0.3 is 10.1 Å². The normalized spacial score (nSPS) is 10.8. The molecule has 2 rings (SSSR count). The molecule has 2 N–H and O–H groups in total. The number of halogens is 3. The minimum Gasteiger partial charge on any atom is -0.435 e. The summed E-state index contributed by atoms with van der Waals surface area (Å²) in [5.41, 5.74) is 1.98. The average molecular weight is 374 g/mol. The molecule has 0 bridgehead atoms. The van der Waals surface area contributed by atoms with E-state index in [2.05, 4.69) is 36.2 Å². The highest BCUT2D eigenvalue weighted by Crippen LogP contribution is 2.18. The first-order valence-electron chi connectivity index (χ1n) is 6.50. The number of hydrogen-bond donors (Lipinski definition) is 2. The zero-order chi connectivity index (χ0) is 16.1. The van der Waals surface area contributed by atoms with E-state index in [0.717, 1.165) is 11.3 Å². The third kappa shape index (κ3) is 4.27. The number of carbonyl (C=O) groups excluding carboxylic acids is 1. The van der Waals surface area contributed by atoms with Crippen LogP contribution in [0.4, 0.5) is 8.78 Å². The van der Waals surface area contributed by atoms with Crippen LogP contribution in [0, 0.1) is 6.92 Å². The summed E-state index contributed by atoms with van der Waals surface area (Å²) in [6, 6.07) is 6.30. The van der Waals surface area contributed by atoms with E-state index in [1.807, 2.05) is 0 Å². The number of alkyl halides is 2. The third-order valence-electron chi connectivity index (χ3n) is 2.94. The van der Waals surface area contributed by atoms with Crippen LogP contribution in [-0.2, 0) is 6.42 Å². The number of hydrogen-bond acceptors (Lipinski definition) is 3. The fraction of sp³-hybridized carbons (Fsp3) is 0.286. The van der Waals surface area contributed by atoms with Gasteiger partial charge in [0.15, 0.2) is 5.69 Å². The first-order valence-corrected chi connectivity index (χ1v) is 7.29. The molecule has 5 nitrogen and oxygen atoms in total. The van der Waals surface area contributed by atoms with Crippen LogP contribution in [0.25, 0.3) is 0 Å². The van der Waals surface area contributed by atoms with Gasteiger partial charge in [-0.2, -0.15) is 13.9 Å². The van der Waals surface area contributed by atoms with Gasteiger partial charge in [-0.05, 0) is 47.0 Å². The molecule has 0 saturated carbocycles. The Bertz CT molecular complexity index is 644. The van der Waals surface area contributed by atoms with Gasteiger partial charge in [-0.3, -0.25) is 9.89 Å². The molecule has 0 fully saturated rings. The summed E-state index contributed by atoms with van der Waals surface area (Å²) < 4.78 is 29.0. The Morgan fingerprint density at radius 2 is 2.09 bits per heavy atom. The van der Waals surface area contributed by atoms with Crippen molar-refractivity contribution in [3.8, 4) is 5.75 Å². The molecule has 8 heteroatoms. The van der Waals surface area contributed by atoms with Crippen molar-refractivity contribution in [1.29, 1.82) is 0 Å². The lowest BCUT2D eigenvalue weighted by atomic mass is 10.1. The highest BCUT2D eigenvalue weighted by atomic mass is 79.9. The van der Waals surface area contributed by atoms with E-state index in [4.69, 9.17) is 0 Å². The molecule has 1 amide bonds. The van der Waals surface area contributed by atoms with Gasteiger partial charge in [-0.25, -0.2) is 0 Å². The lowest BCUT2D eigenvalue weighted by Crippen LogP contribution is -2.26. The van der Waals surface area contributed by atoms with E-state index in [9.17, 15) is 13.6 Å². The Hall–Kier alpha value is -1.96. The molecule has 22 heavy (non-hydrogen) atoms. The molecule has 1 aromatic heterocycles. The van der Waals surface area contributed by atoms with E-state index in [-0.39, 0.29) is 11.7 Å². The highest BCUT2D eigenvalue weighted by molar-refractivity contribution is 9.10. The first-order chi connectivity index (χ1) is 10.5. The summed E-state index contributed by atoms with van der Waals surface area (Å²) in [6.45, 7) is -0.621. The topological polar surface area (TPSA) is 67.0 Å². The molecule has 118 valence electrons. The predicted octanol–water partition coefficient (Wildman–Crippen LogP) is 3.05. The van der Waals surface area contributed by atoms with Gasteiger partial charge in [0.25, 0.3) is 5.91 Å². The Morgan fingerprint density at radius 3 is 2.64 bits per heavy atom. The van der Waals surface area contributed by atoms with Gasteiger partial charge >= 0.3 is 6.61 Å². The van der Waals surface area contributed by atoms with Crippen molar-refractivity contribution in [1.82, 2.24) is 15.5 Å². The quantitative estimate of drug-likeness (QED) is 0.817. The van der Waals surface area contributed by atoms with Gasteiger partial charge in [0, 0.05) is 12.2 Å². The fourth-order valence-corrected chi connectivity index (χ4v) is 2.16. The molecule has 1 aromatic carbocycles. The van der Waals surface area contributed by atoms with Crippen molar-refractivity contribution in [3.63, 3.8) is 0 Å². The molecule has 2 aromatic rings. The van der Waals surface area contributed by atoms with E-state index in [1.54, 1.807) is 19.1 Å². The molecule has 0 aliphatic rings. The molecule has 0 aliphatic carbocycles. The van der Waals surface area contributed by atoms with E-state index < -0.39 is 6.61 Å². The summed E-state index contributed by atoms with van der Waals surface area (Å²) in [5.74, 6) is -0.174. The molecule has 0 radical (unpaired) electrons. The van der Waals surface area contributed by atoms with Crippen molar-refractivity contribution in [2.75, 3.05) is 6.54 Å². The number of ether oxygens (including phenoxy) is 1. The zero-order valence-corrected chi connectivity index (χ0v) is 13.3. The van der Waals surface area contributed by atoms with E-state index >= 15 is 0 Å². The smallest absolute Gasteiger partial charge is 0.387 e. The first kappa shape index (κ1) is 16.4. The number of nitrogens with one attached hydrogen (secondary N) is 2. The maximum absolute atomic E-state index is 12.0. The largest absolute Gasteiger partial charge is 0.435 e. The van der Waals surface area contributed by atoms with Crippen LogP contribution in [0.1, 0.15) is 21.7 Å². The number of benzene rings is 1. The highest BCUT2D eigenvalue weighted by Gasteiger charge is 2.14. The molecule has 1 heterocycles. The number of nitrogens with zero attached hydrogens (tertiary/aromatic N) is 1. The average Bonchev–Trinajstić information content (AvgIpc) is 2.80. The van der Waals surface area contributed by atoms with Gasteiger partial charge in [0.1, 0.15) is 5.75 Å². The van der Waals surface area contributed by atoms with Crippen molar-refractivity contribution >= 4 is 21.8 Å². The molecular weight excluding hydrogens is 360 g/mol. The van der Waals surface area contributed by atoms with Crippen molar-refractivity contribution in [3.05, 3.63) is 45.7 Å². The van der Waals surface area contributed by atoms with Gasteiger partial charge in [0.2, 0.25) is 0 Å². The van der Waals surface area contributed by atoms with E-state index in [0.29, 0.717) is 23.1 Å². The molecule has 0 saturated heterocycles. The monoisotopic (exact) mass is 373 g/mol. The summed E-state index contributed by atoms with van der Waals surface area (Å²) in [6.07, 6.45) is 0.571. The summed E-state index contributed by atoms with van der Waals surface area (Å²) in [5, 5.41) is 9.37. The zero-order valence-electron chi connectivity index (χ0n) is 11.7. The summed E-state index contributed by atoms with van der Waals surface area (Å²) >= 11 is 3.29. The van der Waals surface area contributed by atoms with Crippen LogP contribution in [-0.4, -0.2) is 29.3 Å². The number of aryl methyl sites for hydroxylation is 1. The molecule has 0 unspecified atom stereocenters. The second-order valence-corrected chi connectivity index (χ2v) is 5.33. The number of rotatable bonds is 6. The number of amides is 1. The lowest BCUT2D eigenvalue weighted by molar-refractivity contribution is -0.0498. The Labute approximate surface area is 134 Å². The molecule has 0 aliphatic heterocycles. The van der Waals surface area contributed by atoms with Crippen LogP contribution >= 0.6 is 15.9 Å². The molecule has 0 spiro atoms.